The fourth-order valence-electron chi connectivity index (χ4n) is 1.53. The van der Waals surface area contributed by atoms with Crippen molar-refractivity contribution < 1.29 is 8.42 Å². The second kappa shape index (κ2) is 3.20. The third-order valence-corrected chi connectivity index (χ3v) is 3.54. The summed E-state index contributed by atoms with van der Waals surface area (Å²) in [5.41, 5.74) is 6.93. The highest BCUT2D eigenvalue weighted by atomic mass is 32.2. The average Bonchev–Trinajstić information content (AvgIpc) is 2.23. The lowest BCUT2D eigenvalue weighted by Crippen LogP contribution is -2.10. The third-order valence-electron chi connectivity index (χ3n) is 2.18. The molecule has 0 bridgehead atoms. The van der Waals surface area contributed by atoms with E-state index in [2.05, 4.69) is 4.40 Å². The van der Waals surface area contributed by atoms with Crippen LogP contribution in [0.3, 0.4) is 0 Å². The molecule has 0 saturated heterocycles. The Bertz CT molecular complexity index is 571. The van der Waals surface area contributed by atoms with Crippen LogP contribution in [0.25, 0.3) is 5.57 Å². The molecule has 1 aliphatic rings. The number of amidine groups is 1. The fraction of sp³-hybridized carbons (Fsp3) is 0.100. The van der Waals surface area contributed by atoms with Crippen LogP contribution in [0.1, 0.15) is 12.5 Å². The van der Waals surface area contributed by atoms with Gasteiger partial charge in [-0.3, -0.25) is 0 Å². The Labute approximate surface area is 88.2 Å². The lowest BCUT2D eigenvalue weighted by Gasteiger charge is -2.04. The Hall–Kier alpha value is -1.62. The number of nitrogens with zero attached hydrogens (tertiary/aromatic N) is 1. The van der Waals surface area contributed by atoms with Crippen molar-refractivity contribution in [3.05, 3.63) is 35.9 Å². The van der Waals surface area contributed by atoms with E-state index in [1.54, 1.807) is 24.3 Å². The van der Waals surface area contributed by atoms with Crippen LogP contribution < -0.4 is 5.73 Å². The van der Waals surface area contributed by atoms with Crippen LogP contribution in [-0.2, 0) is 10.0 Å². The predicted molar refractivity (Wildman–Crippen MR) is 58.9 cm³/mol. The monoisotopic (exact) mass is 222 g/mol. The molecule has 0 fully saturated rings. The van der Waals surface area contributed by atoms with Crippen LogP contribution in [0, 0.1) is 0 Å². The van der Waals surface area contributed by atoms with E-state index in [0.717, 1.165) is 5.57 Å². The van der Waals surface area contributed by atoms with Gasteiger partial charge >= 0.3 is 0 Å². The molecular weight excluding hydrogens is 212 g/mol. The largest absolute Gasteiger partial charge is 0.383 e. The second-order valence-electron chi connectivity index (χ2n) is 3.31. The summed E-state index contributed by atoms with van der Waals surface area (Å²) in [7, 11) is -3.65. The third kappa shape index (κ3) is 1.66. The molecule has 0 atom stereocenters. The van der Waals surface area contributed by atoms with Crippen LogP contribution in [0.15, 0.2) is 39.6 Å². The first kappa shape index (κ1) is 9.92. The zero-order valence-corrected chi connectivity index (χ0v) is 8.95. The number of fused-ring (bicyclic) bond motifs is 1. The van der Waals surface area contributed by atoms with Crippen molar-refractivity contribution in [2.24, 2.45) is 10.1 Å². The van der Waals surface area contributed by atoms with E-state index in [-0.39, 0.29) is 10.7 Å². The molecule has 0 aliphatic carbocycles. The molecule has 5 heteroatoms. The zero-order valence-electron chi connectivity index (χ0n) is 8.14. The molecule has 1 heterocycles. The van der Waals surface area contributed by atoms with E-state index in [4.69, 9.17) is 5.73 Å². The van der Waals surface area contributed by atoms with Crippen molar-refractivity contribution in [3.8, 4) is 0 Å². The highest BCUT2D eigenvalue weighted by Gasteiger charge is 2.20. The molecule has 0 saturated carbocycles. The number of benzene rings is 1. The quantitative estimate of drug-likeness (QED) is 0.715. The van der Waals surface area contributed by atoms with Crippen molar-refractivity contribution in [1.82, 2.24) is 0 Å². The fourth-order valence-corrected chi connectivity index (χ4v) is 2.72. The van der Waals surface area contributed by atoms with Gasteiger partial charge in [0.2, 0.25) is 0 Å². The average molecular weight is 222 g/mol. The van der Waals surface area contributed by atoms with Gasteiger partial charge in [-0.25, -0.2) is 0 Å². The van der Waals surface area contributed by atoms with Crippen LogP contribution in [0.5, 0.6) is 0 Å². The maximum atomic E-state index is 11.7. The first-order valence-electron chi connectivity index (χ1n) is 4.39. The van der Waals surface area contributed by atoms with E-state index >= 15 is 0 Å². The Morgan fingerprint density at radius 2 is 1.93 bits per heavy atom. The summed E-state index contributed by atoms with van der Waals surface area (Å²) >= 11 is 0. The van der Waals surface area contributed by atoms with Crippen molar-refractivity contribution in [2.75, 3.05) is 0 Å². The Morgan fingerprint density at radius 3 is 2.67 bits per heavy atom. The van der Waals surface area contributed by atoms with Gasteiger partial charge in [0, 0.05) is 0 Å². The smallest absolute Gasteiger partial charge is 0.284 e. The molecule has 4 nitrogen and oxygen atoms in total. The highest BCUT2D eigenvalue weighted by molar-refractivity contribution is 7.90. The maximum Gasteiger partial charge on any atom is 0.284 e. The van der Waals surface area contributed by atoms with Crippen LogP contribution >= 0.6 is 0 Å². The molecule has 2 rings (SSSR count). The Morgan fingerprint density at radius 1 is 1.27 bits per heavy atom. The van der Waals surface area contributed by atoms with Crippen LogP contribution in [0.4, 0.5) is 0 Å². The molecule has 0 amide bonds. The summed E-state index contributed by atoms with van der Waals surface area (Å²) in [4.78, 5) is 0.208. The number of allylic oxidation sites excluding steroid dienone is 1. The molecule has 1 aromatic rings. The summed E-state index contributed by atoms with van der Waals surface area (Å²) in [6.45, 7) is 1.81. The molecule has 0 radical (unpaired) electrons. The first-order chi connectivity index (χ1) is 7.00. The van der Waals surface area contributed by atoms with Crippen LogP contribution in [0.2, 0.25) is 0 Å². The van der Waals surface area contributed by atoms with E-state index in [0.29, 0.717) is 5.56 Å². The number of hydrogen-bond donors (Lipinski definition) is 1. The lowest BCUT2D eigenvalue weighted by molar-refractivity contribution is 0.598. The zero-order chi connectivity index (χ0) is 11.1. The molecule has 78 valence electrons. The van der Waals surface area contributed by atoms with Crippen molar-refractivity contribution in [2.45, 2.75) is 11.8 Å². The summed E-state index contributed by atoms with van der Waals surface area (Å²) < 4.78 is 27.0. The highest BCUT2D eigenvalue weighted by Crippen LogP contribution is 2.26. The predicted octanol–water partition coefficient (Wildman–Crippen LogP) is 1.15. The summed E-state index contributed by atoms with van der Waals surface area (Å²) in [6, 6.07) is 6.73. The number of hydrogen-bond acceptors (Lipinski definition) is 3. The summed E-state index contributed by atoms with van der Waals surface area (Å²) in [6.07, 6.45) is 1.56. The molecule has 1 aliphatic heterocycles. The maximum absolute atomic E-state index is 11.7. The molecule has 1 aromatic carbocycles. The van der Waals surface area contributed by atoms with Gasteiger partial charge < -0.3 is 5.73 Å². The summed E-state index contributed by atoms with van der Waals surface area (Å²) in [5.74, 6) is 0.0173. The van der Waals surface area contributed by atoms with Gasteiger partial charge in [0.1, 0.15) is 5.84 Å². The van der Waals surface area contributed by atoms with Gasteiger partial charge in [-0.2, -0.15) is 8.42 Å². The molecule has 0 unspecified atom stereocenters. The lowest BCUT2D eigenvalue weighted by atomic mass is 10.1. The van der Waals surface area contributed by atoms with Gasteiger partial charge in [-0.15, -0.1) is 4.40 Å². The van der Waals surface area contributed by atoms with Crippen molar-refractivity contribution in [1.29, 1.82) is 0 Å². The van der Waals surface area contributed by atoms with E-state index in [1.165, 1.54) is 6.07 Å². The number of sulfonamides is 1. The Balaban J connectivity index is 2.84. The van der Waals surface area contributed by atoms with Crippen molar-refractivity contribution >= 4 is 21.4 Å². The first-order valence-corrected chi connectivity index (χ1v) is 5.83. The van der Waals surface area contributed by atoms with E-state index in [1.807, 2.05) is 6.92 Å². The second-order valence-corrected chi connectivity index (χ2v) is 4.89. The number of rotatable bonds is 0. The van der Waals surface area contributed by atoms with Crippen LogP contribution in [-0.4, -0.2) is 14.3 Å². The Kier molecular flexibility index (Phi) is 2.12. The molecule has 0 aromatic heterocycles. The van der Waals surface area contributed by atoms with Gasteiger partial charge in [0.05, 0.1) is 4.90 Å². The minimum absolute atomic E-state index is 0.0173. The van der Waals surface area contributed by atoms with Gasteiger partial charge in [0.25, 0.3) is 10.0 Å². The molecule has 0 spiro atoms. The normalized spacial score (nSPS) is 18.5. The van der Waals surface area contributed by atoms with Gasteiger partial charge in [-0.1, -0.05) is 18.2 Å². The molecule has 2 N–H and O–H groups in total. The molecule has 15 heavy (non-hydrogen) atoms. The standard InChI is InChI=1S/C10H10N2O2S/c1-7-6-10(11)12-15(13,14)9-5-3-2-4-8(7)9/h2-6H,1H3,(H2,11,12). The van der Waals surface area contributed by atoms with E-state index in [9.17, 15) is 8.42 Å². The van der Waals surface area contributed by atoms with Gasteiger partial charge in [0.15, 0.2) is 0 Å². The minimum Gasteiger partial charge on any atom is -0.383 e. The SMILES string of the molecule is CC1=CC(N)=NS(=O)(=O)c2ccccc21. The van der Waals surface area contributed by atoms with Gasteiger partial charge in [-0.05, 0) is 30.2 Å². The topological polar surface area (TPSA) is 72.5 Å². The van der Waals surface area contributed by atoms with Crippen molar-refractivity contribution in [3.63, 3.8) is 0 Å². The molecular formula is C10H10N2O2S. The van der Waals surface area contributed by atoms with E-state index < -0.39 is 10.0 Å². The minimum atomic E-state index is -3.65. The summed E-state index contributed by atoms with van der Waals surface area (Å²) in [5, 5.41) is 0. The number of nitrogens with two attached hydrogens (primary N) is 1.